The van der Waals surface area contributed by atoms with Crippen molar-refractivity contribution in [2.75, 3.05) is 6.54 Å². The van der Waals surface area contributed by atoms with Crippen molar-refractivity contribution in [3.8, 4) is 0 Å². The van der Waals surface area contributed by atoms with Crippen LogP contribution in [-0.4, -0.2) is 22.2 Å². The van der Waals surface area contributed by atoms with Gasteiger partial charge in [0.05, 0.1) is 5.69 Å². The first kappa shape index (κ1) is 14.7. The molecule has 1 amide bonds. The molecule has 2 aromatic heterocycles. The molecule has 0 bridgehead atoms. The first-order valence-electron chi connectivity index (χ1n) is 7.02. The number of halogens is 1. The van der Waals surface area contributed by atoms with Gasteiger partial charge in [0, 0.05) is 29.8 Å². The van der Waals surface area contributed by atoms with Crippen molar-refractivity contribution in [1.29, 1.82) is 0 Å². The Balaban J connectivity index is 1.67. The second-order valence-corrected chi connectivity index (χ2v) is 5.60. The van der Waals surface area contributed by atoms with E-state index < -0.39 is 0 Å². The second-order valence-electron chi connectivity index (χ2n) is 5.17. The number of fused-ring (bicyclic) bond motifs is 1. The van der Waals surface area contributed by atoms with Crippen LogP contribution in [0.5, 0.6) is 0 Å². The summed E-state index contributed by atoms with van der Waals surface area (Å²) in [5, 5.41) is 8.51. The van der Waals surface area contributed by atoms with Crippen molar-refractivity contribution >= 4 is 28.4 Å². The molecule has 3 rings (SSSR count). The molecular weight excluding hydrogens is 302 g/mol. The molecule has 0 aliphatic rings. The largest absolute Gasteiger partial charge is 0.361 e. The van der Waals surface area contributed by atoms with Gasteiger partial charge in [-0.05, 0) is 37.4 Å². The summed E-state index contributed by atoms with van der Waals surface area (Å²) in [6.07, 6.45) is 1.99. The van der Waals surface area contributed by atoms with Crippen LogP contribution in [0.25, 0.3) is 10.9 Å². The van der Waals surface area contributed by atoms with Crippen molar-refractivity contribution < 1.29 is 9.32 Å². The molecule has 0 unspecified atom stereocenters. The number of nitrogens with one attached hydrogen (secondary N) is 1. The zero-order valence-corrected chi connectivity index (χ0v) is 13.1. The third-order valence-corrected chi connectivity index (χ3v) is 3.87. The third-order valence-electron chi connectivity index (χ3n) is 3.63. The van der Waals surface area contributed by atoms with Gasteiger partial charge in [0.15, 0.2) is 0 Å². The molecule has 22 heavy (non-hydrogen) atoms. The Hall–Kier alpha value is -2.27. The highest BCUT2D eigenvalue weighted by atomic mass is 35.5. The van der Waals surface area contributed by atoms with Crippen LogP contribution >= 0.6 is 11.6 Å². The van der Waals surface area contributed by atoms with Crippen molar-refractivity contribution in [2.24, 2.45) is 0 Å². The fourth-order valence-corrected chi connectivity index (χ4v) is 2.70. The molecule has 0 aliphatic carbocycles. The van der Waals surface area contributed by atoms with E-state index in [0.29, 0.717) is 35.1 Å². The van der Waals surface area contributed by atoms with Gasteiger partial charge in [0.2, 0.25) is 0 Å². The highest BCUT2D eigenvalue weighted by Gasteiger charge is 2.16. The third kappa shape index (κ3) is 2.72. The normalized spacial score (nSPS) is 11.0. The van der Waals surface area contributed by atoms with E-state index in [1.165, 1.54) is 0 Å². The Morgan fingerprint density at radius 2 is 2.18 bits per heavy atom. The lowest BCUT2D eigenvalue weighted by atomic mass is 10.2. The maximum atomic E-state index is 12.2. The van der Waals surface area contributed by atoms with Crippen LogP contribution in [0.1, 0.15) is 21.8 Å². The summed E-state index contributed by atoms with van der Waals surface area (Å²) < 4.78 is 7.07. The Morgan fingerprint density at radius 1 is 1.36 bits per heavy atom. The molecule has 1 N–H and O–H groups in total. The van der Waals surface area contributed by atoms with E-state index in [0.717, 1.165) is 10.9 Å². The lowest BCUT2D eigenvalue weighted by molar-refractivity contribution is 0.0950. The average molecular weight is 318 g/mol. The van der Waals surface area contributed by atoms with Crippen LogP contribution < -0.4 is 5.32 Å². The van der Waals surface area contributed by atoms with Crippen LogP contribution in [0.4, 0.5) is 0 Å². The Kier molecular flexibility index (Phi) is 3.90. The number of hydrogen-bond acceptors (Lipinski definition) is 3. The van der Waals surface area contributed by atoms with E-state index in [1.807, 2.05) is 30.5 Å². The van der Waals surface area contributed by atoms with E-state index >= 15 is 0 Å². The van der Waals surface area contributed by atoms with E-state index in [4.69, 9.17) is 16.1 Å². The van der Waals surface area contributed by atoms with Gasteiger partial charge in [0.1, 0.15) is 11.3 Å². The number of carbonyl (C=O) groups is 1. The second kappa shape index (κ2) is 5.85. The predicted octanol–water partition coefficient (Wildman–Crippen LogP) is 3.33. The summed E-state index contributed by atoms with van der Waals surface area (Å²) in [6, 6.07) is 7.80. The molecular formula is C16H16ClN3O2. The van der Waals surface area contributed by atoms with Crippen LogP contribution in [-0.2, 0) is 6.54 Å². The molecule has 0 spiro atoms. The number of rotatable bonds is 4. The Labute approximate surface area is 132 Å². The standard InChI is InChI=1S/C16H16ClN3O2/c1-10-15(11(2)22-19-10)16(21)18-6-8-20-7-5-12-3-4-13(17)9-14(12)20/h3-5,7,9H,6,8H2,1-2H3,(H,18,21). The summed E-state index contributed by atoms with van der Waals surface area (Å²) in [6.45, 7) is 4.67. The van der Waals surface area contributed by atoms with Crippen LogP contribution in [0, 0.1) is 13.8 Å². The molecule has 0 atom stereocenters. The fourth-order valence-electron chi connectivity index (χ4n) is 2.54. The zero-order chi connectivity index (χ0) is 15.7. The minimum Gasteiger partial charge on any atom is -0.361 e. The molecule has 3 aromatic rings. The van der Waals surface area contributed by atoms with Crippen molar-refractivity contribution in [3.63, 3.8) is 0 Å². The molecule has 2 heterocycles. The van der Waals surface area contributed by atoms with Gasteiger partial charge in [-0.1, -0.05) is 22.8 Å². The summed E-state index contributed by atoms with van der Waals surface area (Å²) >= 11 is 6.03. The average Bonchev–Trinajstić information content (AvgIpc) is 3.02. The maximum Gasteiger partial charge on any atom is 0.256 e. The molecule has 0 saturated heterocycles. The lowest BCUT2D eigenvalue weighted by Gasteiger charge is -2.07. The van der Waals surface area contributed by atoms with Crippen LogP contribution in [0.15, 0.2) is 35.0 Å². The highest BCUT2D eigenvalue weighted by Crippen LogP contribution is 2.20. The van der Waals surface area contributed by atoms with E-state index in [-0.39, 0.29) is 5.91 Å². The minimum atomic E-state index is -0.161. The molecule has 6 heteroatoms. The minimum absolute atomic E-state index is 0.161. The summed E-state index contributed by atoms with van der Waals surface area (Å²) in [4.78, 5) is 12.2. The van der Waals surface area contributed by atoms with Crippen LogP contribution in [0.2, 0.25) is 5.02 Å². The summed E-state index contributed by atoms with van der Waals surface area (Å²) in [5.41, 5.74) is 2.17. The molecule has 0 radical (unpaired) electrons. The van der Waals surface area contributed by atoms with Gasteiger partial charge in [-0.15, -0.1) is 0 Å². The number of aryl methyl sites for hydroxylation is 2. The van der Waals surface area contributed by atoms with Gasteiger partial charge in [0.25, 0.3) is 5.91 Å². The fraction of sp³-hybridized carbons (Fsp3) is 0.250. The monoisotopic (exact) mass is 317 g/mol. The molecule has 1 aromatic carbocycles. The lowest BCUT2D eigenvalue weighted by Crippen LogP contribution is -2.27. The number of benzene rings is 1. The van der Waals surface area contributed by atoms with Gasteiger partial charge < -0.3 is 14.4 Å². The van der Waals surface area contributed by atoms with E-state index in [9.17, 15) is 4.79 Å². The quantitative estimate of drug-likeness (QED) is 0.803. The summed E-state index contributed by atoms with van der Waals surface area (Å²) in [7, 11) is 0. The predicted molar refractivity (Wildman–Crippen MR) is 85.3 cm³/mol. The number of carbonyl (C=O) groups excluding carboxylic acids is 1. The molecule has 0 saturated carbocycles. The van der Waals surface area contributed by atoms with E-state index in [2.05, 4.69) is 15.0 Å². The zero-order valence-electron chi connectivity index (χ0n) is 12.4. The molecule has 5 nitrogen and oxygen atoms in total. The first-order valence-corrected chi connectivity index (χ1v) is 7.39. The highest BCUT2D eigenvalue weighted by molar-refractivity contribution is 6.31. The van der Waals surface area contributed by atoms with Gasteiger partial charge in [-0.2, -0.15) is 0 Å². The number of nitrogens with zero attached hydrogens (tertiary/aromatic N) is 2. The van der Waals surface area contributed by atoms with Crippen molar-refractivity contribution in [3.05, 3.63) is 52.5 Å². The Bertz CT molecular complexity index is 816. The first-order chi connectivity index (χ1) is 10.6. The van der Waals surface area contributed by atoms with Crippen molar-refractivity contribution in [2.45, 2.75) is 20.4 Å². The Morgan fingerprint density at radius 3 is 2.91 bits per heavy atom. The SMILES string of the molecule is Cc1noc(C)c1C(=O)NCCn1ccc2ccc(Cl)cc21. The topological polar surface area (TPSA) is 60.1 Å². The summed E-state index contributed by atoms with van der Waals surface area (Å²) in [5.74, 6) is 0.374. The molecule has 0 aliphatic heterocycles. The molecule has 0 fully saturated rings. The van der Waals surface area contributed by atoms with Crippen LogP contribution in [0.3, 0.4) is 0 Å². The van der Waals surface area contributed by atoms with Crippen molar-refractivity contribution in [1.82, 2.24) is 15.0 Å². The van der Waals surface area contributed by atoms with Gasteiger partial charge in [-0.3, -0.25) is 4.79 Å². The molecule has 114 valence electrons. The number of aromatic nitrogens is 2. The smallest absolute Gasteiger partial charge is 0.256 e. The number of amides is 1. The van der Waals surface area contributed by atoms with Gasteiger partial charge >= 0.3 is 0 Å². The van der Waals surface area contributed by atoms with E-state index in [1.54, 1.807) is 13.8 Å². The van der Waals surface area contributed by atoms with Gasteiger partial charge in [-0.25, -0.2) is 0 Å². The number of hydrogen-bond donors (Lipinski definition) is 1. The maximum absolute atomic E-state index is 12.2.